The summed E-state index contributed by atoms with van der Waals surface area (Å²) in [6, 6.07) is 11.3. The van der Waals surface area contributed by atoms with Crippen LogP contribution in [0.3, 0.4) is 0 Å². The summed E-state index contributed by atoms with van der Waals surface area (Å²) in [5.74, 6) is -0.342. The van der Waals surface area contributed by atoms with E-state index in [1.807, 2.05) is 13.0 Å². The van der Waals surface area contributed by atoms with E-state index in [2.05, 4.69) is 10.0 Å². The molecule has 2 N–H and O–H groups in total. The number of hydrogen-bond donors (Lipinski definition) is 2. The molecular formula is C25H31N3O4S. The summed E-state index contributed by atoms with van der Waals surface area (Å²) < 4.78 is 28.4. The molecule has 0 unspecified atom stereocenters. The van der Waals surface area contributed by atoms with Gasteiger partial charge in [0, 0.05) is 23.8 Å². The third kappa shape index (κ3) is 5.21. The molecule has 2 aromatic carbocycles. The zero-order chi connectivity index (χ0) is 23.6. The first-order valence-electron chi connectivity index (χ1n) is 11.6. The maximum atomic E-state index is 13.2. The van der Waals surface area contributed by atoms with Crippen molar-refractivity contribution in [3.8, 4) is 0 Å². The van der Waals surface area contributed by atoms with Crippen LogP contribution < -0.4 is 10.0 Å². The summed E-state index contributed by atoms with van der Waals surface area (Å²) in [5, 5.41) is 3.10. The number of carbonyl (C=O) groups excluding carboxylic acids is 2. The average Bonchev–Trinajstić information content (AvgIpc) is 3.45. The molecule has 4 rings (SSSR count). The number of nitrogens with one attached hydrogen (secondary N) is 2. The lowest BCUT2D eigenvalue weighted by Crippen LogP contribution is -2.48. The predicted octanol–water partition coefficient (Wildman–Crippen LogP) is 3.77. The number of sulfonamides is 1. The Morgan fingerprint density at radius 1 is 0.970 bits per heavy atom. The van der Waals surface area contributed by atoms with Crippen LogP contribution in [0.2, 0.25) is 0 Å². The minimum atomic E-state index is -3.80. The number of amides is 2. The topological polar surface area (TPSA) is 95.6 Å². The van der Waals surface area contributed by atoms with Crippen LogP contribution in [-0.2, 0) is 14.8 Å². The fourth-order valence-electron chi connectivity index (χ4n) is 4.84. The van der Waals surface area contributed by atoms with Crippen LogP contribution >= 0.6 is 0 Å². The van der Waals surface area contributed by atoms with E-state index in [9.17, 15) is 18.0 Å². The van der Waals surface area contributed by atoms with E-state index < -0.39 is 16.1 Å². The molecule has 1 atom stereocenters. The van der Waals surface area contributed by atoms with Gasteiger partial charge in [-0.1, -0.05) is 36.6 Å². The van der Waals surface area contributed by atoms with Gasteiger partial charge in [0.05, 0.1) is 4.90 Å². The Balaban J connectivity index is 1.49. The number of carbonyl (C=O) groups is 2. The van der Waals surface area contributed by atoms with Gasteiger partial charge in [-0.2, -0.15) is 0 Å². The van der Waals surface area contributed by atoms with Gasteiger partial charge in [-0.15, -0.1) is 0 Å². The summed E-state index contributed by atoms with van der Waals surface area (Å²) in [4.78, 5) is 27.9. The van der Waals surface area contributed by atoms with Crippen molar-refractivity contribution in [3.05, 3.63) is 59.2 Å². The molecule has 1 aliphatic heterocycles. The first-order chi connectivity index (χ1) is 15.7. The molecule has 8 heteroatoms. The maximum absolute atomic E-state index is 13.2. The molecule has 1 heterocycles. The number of likely N-dealkylation sites (tertiary alicyclic amines) is 1. The fourth-order valence-corrected chi connectivity index (χ4v) is 6.12. The van der Waals surface area contributed by atoms with Crippen molar-refractivity contribution in [2.24, 2.45) is 0 Å². The highest BCUT2D eigenvalue weighted by Gasteiger charge is 2.35. The standard InChI is InChI=1S/C25H31N3O4S/c1-17-12-13-23(18(2)15-17)33(31,32)27-21-10-5-7-19(16-21)25(30)28-14-6-11-22(28)24(29)26-20-8-3-4-9-20/h5,7,10,12-13,15-16,20,22,27H,3-4,6,8-9,11,14H2,1-2H3,(H,26,29)/t22-/m1/s1. The SMILES string of the molecule is Cc1ccc(S(=O)(=O)Nc2cccc(C(=O)N3CCC[C@@H]3C(=O)NC3CCCC3)c2)c(C)c1. The van der Waals surface area contributed by atoms with Gasteiger partial charge in [0.2, 0.25) is 5.91 Å². The second-order valence-electron chi connectivity index (χ2n) is 9.10. The van der Waals surface area contributed by atoms with Gasteiger partial charge in [-0.25, -0.2) is 8.42 Å². The lowest BCUT2D eigenvalue weighted by Gasteiger charge is -2.25. The molecule has 2 aromatic rings. The van der Waals surface area contributed by atoms with Gasteiger partial charge in [-0.05, 0) is 69.4 Å². The van der Waals surface area contributed by atoms with E-state index >= 15 is 0 Å². The molecule has 2 aliphatic rings. The second kappa shape index (κ2) is 9.55. The van der Waals surface area contributed by atoms with Crippen molar-refractivity contribution in [3.63, 3.8) is 0 Å². The molecule has 176 valence electrons. The number of anilines is 1. The van der Waals surface area contributed by atoms with Crippen molar-refractivity contribution in [1.29, 1.82) is 0 Å². The zero-order valence-corrected chi connectivity index (χ0v) is 20.0. The van der Waals surface area contributed by atoms with Crippen LogP contribution in [0.1, 0.15) is 60.0 Å². The highest BCUT2D eigenvalue weighted by molar-refractivity contribution is 7.92. The lowest BCUT2D eigenvalue weighted by molar-refractivity contribution is -0.125. The minimum absolute atomic E-state index is 0.0838. The molecule has 2 amide bonds. The summed E-state index contributed by atoms with van der Waals surface area (Å²) >= 11 is 0. The number of benzene rings is 2. The highest BCUT2D eigenvalue weighted by atomic mass is 32.2. The van der Waals surface area contributed by atoms with Crippen LogP contribution in [0.15, 0.2) is 47.4 Å². The molecule has 1 aliphatic carbocycles. The summed E-state index contributed by atoms with van der Waals surface area (Å²) in [7, 11) is -3.80. The largest absolute Gasteiger partial charge is 0.352 e. The number of aryl methyl sites for hydroxylation is 2. The molecule has 0 radical (unpaired) electrons. The fraction of sp³-hybridized carbons (Fsp3) is 0.440. The van der Waals surface area contributed by atoms with Gasteiger partial charge in [0.1, 0.15) is 6.04 Å². The average molecular weight is 470 g/mol. The first kappa shape index (κ1) is 23.3. The van der Waals surface area contributed by atoms with E-state index in [1.165, 1.54) is 6.07 Å². The monoisotopic (exact) mass is 469 g/mol. The van der Waals surface area contributed by atoms with E-state index in [-0.39, 0.29) is 22.8 Å². The third-order valence-corrected chi connectivity index (χ3v) is 8.04. The molecule has 33 heavy (non-hydrogen) atoms. The van der Waals surface area contributed by atoms with Crippen molar-refractivity contribution in [2.75, 3.05) is 11.3 Å². The molecule has 1 saturated carbocycles. The Bertz CT molecular complexity index is 1160. The predicted molar refractivity (Wildman–Crippen MR) is 128 cm³/mol. The van der Waals surface area contributed by atoms with Crippen molar-refractivity contribution in [1.82, 2.24) is 10.2 Å². The molecule has 0 aromatic heterocycles. The summed E-state index contributed by atoms with van der Waals surface area (Å²) in [6.07, 6.45) is 5.66. The molecule has 1 saturated heterocycles. The van der Waals surface area contributed by atoms with Gasteiger partial charge in [0.15, 0.2) is 0 Å². The Hall–Kier alpha value is -2.87. The summed E-state index contributed by atoms with van der Waals surface area (Å²) in [5.41, 5.74) is 2.31. The molecule has 0 spiro atoms. The highest BCUT2D eigenvalue weighted by Crippen LogP contribution is 2.25. The zero-order valence-electron chi connectivity index (χ0n) is 19.1. The van der Waals surface area contributed by atoms with Crippen molar-refractivity contribution in [2.45, 2.75) is 69.4 Å². The van der Waals surface area contributed by atoms with E-state index in [0.29, 0.717) is 29.8 Å². The molecule has 7 nitrogen and oxygen atoms in total. The van der Waals surface area contributed by atoms with Crippen LogP contribution in [0.5, 0.6) is 0 Å². The van der Waals surface area contributed by atoms with Crippen LogP contribution in [-0.4, -0.2) is 43.8 Å². The second-order valence-corrected chi connectivity index (χ2v) is 10.8. The van der Waals surface area contributed by atoms with Crippen molar-refractivity contribution >= 4 is 27.5 Å². The minimum Gasteiger partial charge on any atom is -0.352 e. The van der Waals surface area contributed by atoms with Crippen LogP contribution in [0, 0.1) is 13.8 Å². The van der Waals surface area contributed by atoms with E-state index in [0.717, 1.165) is 37.7 Å². The maximum Gasteiger partial charge on any atom is 0.262 e. The number of nitrogens with zero attached hydrogens (tertiary/aromatic N) is 1. The third-order valence-electron chi connectivity index (χ3n) is 6.50. The van der Waals surface area contributed by atoms with Crippen LogP contribution in [0.25, 0.3) is 0 Å². The Morgan fingerprint density at radius 3 is 2.45 bits per heavy atom. The molecular weight excluding hydrogens is 438 g/mol. The lowest BCUT2D eigenvalue weighted by atomic mass is 10.1. The number of rotatable bonds is 6. The Labute approximate surface area is 195 Å². The van der Waals surface area contributed by atoms with E-state index in [1.54, 1.807) is 42.2 Å². The number of hydrogen-bond acceptors (Lipinski definition) is 4. The quantitative estimate of drug-likeness (QED) is 0.673. The Kier molecular flexibility index (Phi) is 6.74. The Morgan fingerprint density at radius 2 is 1.73 bits per heavy atom. The smallest absolute Gasteiger partial charge is 0.262 e. The molecule has 0 bridgehead atoms. The van der Waals surface area contributed by atoms with Gasteiger partial charge in [-0.3, -0.25) is 14.3 Å². The van der Waals surface area contributed by atoms with Gasteiger partial charge in [0.25, 0.3) is 15.9 Å². The van der Waals surface area contributed by atoms with Gasteiger partial charge >= 0.3 is 0 Å². The van der Waals surface area contributed by atoms with Gasteiger partial charge < -0.3 is 10.2 Å². The van der Waals surface area contributed by atoms with Crippen LogP contribution in [0.4, 0.5) is 5.69 Å². The molecule has 2 fully saturated rings. The summed E-state index contributed by atoms with van der Waals surface area (Å²) in [6.45, 7) is 4.18. The van der Waals surface area contributed by atoms with E-state index in [4.69, 9.17) is 0 Å². The van der Waals surface area contributed by atoms with Crippen molar-refractivity contribution < 1.29 is 18.0 Å². The first-order valence-corrected chi connectivity index (χ1v) is 13.0. The normalized spacial score (nSPS) is 19.0.